The molecule has 0 fully saturated rings. The molecule has 0 amide bonds. The number of nitrogens with zero attached hydrogens (tertiary/aromatic N) is 1. The first kappa shape index (κ1) is 14.5. The zero-order valence-electron chi connectivity index (χ0n) is 12.5. The van der Waals surface area contributed by atoms with Crippen LogP contribution in [0.2, 0.25) is 0 Å². The average molecular weight is 294 g/mol. The quantitative estimate of drug-likeness (QED) is 0.735. The van der Waals surface area contributed by atoms with E-state index in [4.69, 9.17) is 0 Å². The average Bonchev–Trinajstić information content (AvgIpc) is 3.02. The van der Waals surface area contributed by atoms with Gasteiger partial charge in [0.25, 0.3) is 0 Å². The van der Waals surface area contributed by atoms with Gasteiger partial charge >= 0.3 is 0 Å². The summed E-state index contributed by atoms with van der Waals surface area (Å²) in [5.74, 6) is -0.212. The molecule has 3 rings (SSSR count). The molecular weight excluding hydrogens is 275 g/mol. The van der Waals surface area contributed by atoms with E-state index in [1.54, 1.807) is 12.1 Å². The van der Waals surface area contributed by atoms with Gasteiger partial charge in [-0.3, -0.25) is 0 Å². The largest absolute Gasteiger partial charge is 0.317 e. The molecule has 0 radical (unpaired) electrons. The van der Waals surface area contributed by atoms with Crippen molar-refractivity contribution >= 4 is 0 Å². The number of nitrogens with one attached hydrogen (secondary N) is 1. The predicted molar refractivity (Wildman–Crippen MR) is 87.4 cm³/mol. The summed E-state index contributed by atoms with van der Waals surface area (Å²) in [5, 5.41) is 3.49. The van der Waals surface area contributed by atoms with Gasteiger partial charge in [-0.1, -0.05) is 42.5 Å². The molecule has 22 heavy (non-hydrogen) atoms. The lowest BCUT2D eigenvalue weighted by molar-refractivity contribution is 0.559. The van der Waals surface area contributed by atoms with Crippen LogP contribution in [0, 0.1) is 5.82 Å². The number of rotatable bonds is 5. The molecule has 3 heteroatoms. The molecule has 0 aliphatic heterocycles. The minimum absolute atomic E-state index is 0.212. The van der Waals surface area contributed by atoms with Gasteiger partial charge in [0.2, 0.25) is 0 Å². The third-order valence-corrected chi connectivity index (χ3v) is 3.83. The highest BCUT2D eigenvalue weighted by Crippen LogP contribution is 2.17. The molecule has 0 aliphatic rings. The number of hydrogen-bond donors (Lipinski definition) is 1. The van der Waals surface area contributed by atoms with Crippen molar-refractivity contribution in [2.45, 2.75) is 19.5 Å². The minimum atomic E-state index is -0.212. The Balaban J connectivity index is 1.75. The Bertz CT molecular complexity index is 734. The lowest BCUT2D eigenvalue weighted by atomic mass is 10.1. The molecule has 1 unspecified atom stereocenters. The highest BCUT2D eigenvalue weighted by Gasteiger charge is 2.09. The minimum Gasteiger partial charge on any atom is -0.317 e. The third kappa shape index (κ3) is 3.10. The van der Waals surface area contributed by atoms with Gasteiger partial charge in [-0.05, 0) is 36.8 Å². The van der Waals surface area contributed by atoms with Crippen LogP contribution in [0.4, 0.5) is 4.39 Å². The van der Waals surface area contributed by atoms with Crippen LogP contribution in [0.15, 0.2) is 72.9 Å². The summed E-state index contributed by atoms with van der Waals surface area (Å²) in [6.07, 6.45) is 1.89. The van der Waals surface area contributed by atoms with E-state index in [0.717, 1.165) is 5.69 Å². The zero-order valence-corrected chi connectivity index (χ0v) is 12.5. The van der Waals surface area contributed by atoms with E-state index < -0.39 is 0 Å². The van der Waals surface area contributed by atoms with Crippen molar-refractivity contribution in [3.63, 3.8) is 0 Å². The van der Waals surface area contributed by atoms with Crippen LogP contribution >= 0.6 is 0 Å². The van der Waals surface area contributed by atoms with Crippen molar-refractivity contribution in [1.82, 2.24) is 9.88 Å². The Morgan fingerprint density at radius 3 is 2.45 bits per heavy atom. The van der Waals surface area contributed by atoms with Gasteiger partial charge in [0.15, 0.2) is 0 Å². The topological polar surface area (TPSA) is 17.0 Å². The van der Waals surface area contributed by atoms with Crippen molar-refractivity contribution in [1.29, 1.82) is 0 Å². The number of benzene rings is 2. The summed E-state index contributed by atoms with van der Waals surface area (Å²) in [6, 6.07) is 21.3. The molecule has 2 aromatic carbocycles. The van der Waals surface area contributed by atoms with Crippen molar-refractivity contribution in [2.24, 2.45) is 0 Å². The number of aromatic nitrogens is 1. The lowest BCUT2D eigenvalue weighted by Gasteiger charge is -2.16. The summed E-state index contributed by atoms with van der Waals surface area (Å²) in [5.41, 5.74) is 2.86. The molecular formula is C19H19FN2. The predicted octanol–water partition coefficient (Wildman–Crippen LogP) is 4.47. The fraction of sp³-hybridized carbons (Fsp3) is 0.158. The summed E-state index contributed by atoms with van der Waals surface area (Å²) in [7, 11) is 0. The second-order valence-electron chi connectivity index (χ2n) is 5.33. The lowest BCUT2D eigenvalue weighted by Crippen LogP contribution is -2.19. The van der Waals surface area contributed by atoms with Crippen LogP contribution in [0.3, 0.4) is 0 Å². The van der Waals surface area contributed by atoms with Gasteiger partial charge in [0.05, 0.1) is 5.69 Å². The molecule has 1 atom stereocenters. The van der Waals surface area contributed by atoms with Gasteiger partial charge < -0.3 is 9.88 Å². The Kier molecular flexibility index (Phi) is 4.35. The van der Waals surface area contributed by atoms with E-state index >= 15 is 0 Å². The van der Waals surface area contributed by atoms with Gasteiger partial charge in [0, 0.05) is 24.5 Å². The van der Waals surface area contributed by atoms with Gasteiger partial charge in [-0.15, -0.1) is 0 Å². The Hall–Kier alpha value is -2.39. The summed E-state index contributed by atoms with van der Waals surface area (Å²) >= 11 is 0. The molecule has 1 aromatic heterocycles. The smallest absolute Gasteiger partial charge is 0.147 e. The molecule has 3 aromatic rings. The maximum Gasteiger partial charge on any atom is 0.147 e. The molecule has 1 N–H and O–H groups in total. The summed E-state index contributed by atoms with van der Waals surface area (Å²) < 4.78 is 15.8. The summed E-state index contributed by atoms with van der Waals surface area (Å²) in [6.45, 7) is 2.81. The first-order valence-corrected chi connectivity index (χ1v) is 7.45. The maximum absolute atomic E-state index is 14.0. The Morgan fingerprint density at radius 1 is 0.955 bits per heavy atom. The second kappa shape index (κ2) is 6.58. The van der Waals surface area contributed by atoms with E-state index in [0.29, 0.717) is 12.2 Å². The van der Waals surface area contributed by atoms with Crippen molar-refractivity contribution in [3.05, 3.63) is 90.0 Å². The van der Waals surface area contributed by atoms with Crippen LogP contribution in [-0.2, 0) is 6.54 Å². The number of hydrogen-bond acceptors (Lipinski definition) is 1. The Morgan fingerprint density at radius 2 is 1.68 bits per heavy atom. The van der Waals surface area contributed by atoms with E-state index in [9.17, 15) is 4.39 Å². The highest BCUT2D eigenvalue weighted by molar-refractivity contribution is 5.36. The van der Waals surface area contributed by atoms with Crippen LogP contribution in [0.1, 0.15) is 24.2 Å². The first-order chi connectivity index (χ1) is 10.8. The van der Waals surface area contributed by atoms with Crippen molar-refractivity contribution < 1.29 is 4.39 Å². The maximum atomic E-state index is 14.0. The van der Waals surface area contributed by atoms with Crippen molar-refractivity contribution in [3.8, 4) is 5.69 Å². The van der Waals surface area contributed by atoms with Gasteiger partial charge in [-0.25, -0.2) is 4.39 Å². The third-order valence-electron chi connectivity index (χ3n) is 3.83. The molecule has 112 valence electrons. The normalized spacial score (nSPS) is 12.3. The molecule has 0 spiro atoms. The van der Waals surface area contributed by atoms with E-state index in [-0.39, 0.29) is 11.9 Å². The second-order valence-corrected chi connectivity index (χ2v) is 5.33. The van der Waals surface area contributed by atoms with Crippen molar-refractivity contribution in [2.75, 3.05) is 0 Å². The van der Waals surface area contributed by atoms with Crippen LogP contribution in [0.25, 0.3) is 5.69 Å². The first-order valence-electron chi connectivity index (χ1n) is 7.45. The van der Waals surface area contributed by atoms with E-state index in [1.165, 1.54) is 11.6 Å². The van der Waals surface area contributed by atoms with E-state index in [2.05, 4.69) is 24.4 Å². The monoisotopic (exact) mass is 294 g/mol. The van der Waals surface area contributed by atoms with Gasteiger partial charge in [0.1, 0.15) is 5.82 Å². The fourth-order valence-electron chi connectivity index (χ4n) is 2.56. The van der Waals surface area contributed by atoms with Gasteiger partial charge in [-0.2, -0.15) is 0 Å². The zero-order chi connectivity index (χ0) is 15.4. The van der Waals surface area contributed by atoms with E-state index in [1.807, 2.05) is 47.2 Å². The molecule has 0 aliphatic carbocycles. The number of para-hydroxylation sites is 1. The standard InChI is InChI=1S/C19H19FN2/c1-15(16-8-3-2-4-9-16)21-14-17-10-7-13-22(17)19-12-6-5-11-18(19)20/h2-13,15,21H,14H2,1H3. The van der Waals surface area contributed by atoms with Crippen LogP contribution in [-0.4, -0.2) is 4.57 Å². The SMILES string of the molecule is CC(NCc1cccn1-c1ccccc1F)c1ccccc1. The fourth-order valence-corrected chi connectivity index (χ4v) is 2.56. The van der Waals surface area contributed by atoms with Crippen LogP contribution < -0.4 is 5.32 Å². The molecule has 0 saturated heterocycles. The Labute approximate surface area is 130 Å². The van der Waals surface area contributed by atoms with Crippen LogP contribution in [0.5, 0.6) is 0 Å². The molecule has 1 heterocycles. The number of halogens is 1. The molecule has 2 nitrogen and oxygen atoms in total. The summed E-state index contributed by atoms with van der Waals surface area (Å²) in [4.78, 5) is 0. The molecule has 0 bridgehead atoms. The molecule has 0 saturated carbocycles. The highest BCUT2D eigenvalue weighted by atomic mass is 19.1.